The third kappa shape index (κ3) is 4.80. The Labute approximate surface area is 175 Å². The molecule has 2 aromatic carbocycles. The number of aromatic nitrogens is 2. The molecule has 0 aliphatic heterocycles. The molecule has 0 atom stereocenters. The molecule has 0 saturated carbocycles. The number of aryl methyl sites for hydroxylation is 1. The monoisotopic (exact) mass is 435 g/mol. The Morgan fingerprint density at radius 1 is 1.20 bits per heavy atom. The quantitative estimate of drug-likeness (QED) is 0.586. The molecule has 0 spiro atoms. The van der Waals surface area contributed by atoms with Gasteiger partial charge >= 0.3 is 0 Å². The minimum absolute atomic E-state index is 0.0671. The van der Waals surface area contributed by atoms with Crippen LogP contribution < -0.4 is 4.74 Å². The highest BCUT2D eigenvalue weighted by Crippen LogP contribution is 2.29. The van der Waals surface area contributed by atoms with E-state index in [9.17, 15) is 18.4 Å². The van der Waals surface area contributed by atoms with Gasteiger partial charge in [0.1, 0.15) is 17.4 Å². The lowest BCUT2D eigenvalue weighted by atomic mass is 10.1. The number of ether oxygens (including phenoxy) is 1. The van der Waals surface area contributed by atoms with Gasteiger partial charge in [-0.2, -0.15) is 4.98 Å². The van der Waals surface area contributed by atoms with Gasteiger partial charge in [-0.1, -0.05) is 28.9 Å². The Balaban J connectivity index is 1.97. The highest BCUT2D eigenvalue weighted by Gasteiger charge is 2.27. The molecule has 0 bridgehead atoms. The average molecular weight is 436 g/mol. The number of halogens is 3. The van der Waals surface area contributed by atoms with E-state index in [1.807, 2.05) is 0 Å². The number of benzene rings is 2. The molecule has 0 aliphatic carbocycles. The first-order valence-corrected chi connectivity index (χ1v) is 9.07. The fourth-order valence-electron chi connectivity index (χ4n) is 2.76. The maximum Gasteiger partial charge on any atom is 0.260 e. The first kappa shape index (κ1) is 21.4. The number of hydrogen-bond donors (Lipinski definition) is 0. The second-order valence-corrected chi connectivity index (χ2v) is 6.66. The number of carbonyl (C=O) groups is 2. The summed E-state index contributed by atoms with van der Waals surface area (Å²) in [4.78, 5) is 30.7. The second-order valence-electron chi connectivity index (χ2n) is 6.28. The van der Waals surface area contributed by atoms with Crippen molar-refractivity contribution in [1.29, 1.82) is 0 Å². The molecular formula is C20H16ClF2N3O4. The molecule has 7 nitrogen and oxygen atoms in total. The fourth-order valence-corrected chi connectivity index (χ4v) is 3.02. The highest BCUT2D eigenvalue weighted by atomic mass is 35.5. The molecule has 0 fully saturated rings. The summed E-state index contributed by atoms with van der Waals surface area (Å²) in [6, 6.07) is 7.17. The Kier molecular flexibility index (Phi) is 6.41. The normalized spacial score (nSPS) is 10.7. The molecular weight excluding hydrogens is 420 g/mol. The van der Waals surface area contributed by atoms with Crippen molar-refractivity contribution in [3.63, 3.8) is 0 Å². The highest BCUT2D eigenvalue weighted by molar-refractivity contribution is 6.32. The standard InChI is InChI=1S/C20H16ClF2N3O4/c1-11-24-17(25-30-11)9-18(27)26(10-12-4-3-5-16(29-2)19(12)21)20(28)13-6-14(22)8-15(23)7-13/h3-8H,9-10H2,1-2H3. The molecule has 1 heterocycles. The lowest BCUT2D eigenvalue weighted by Gasteiger charge is -2.22. The molecule has 0 saturated heterocycles. The maximum absolute atomic E-state index is 13.6. The van der Waals surface area contributed by atoms with E-state index in [1.165, 1.54) is 7.11 Å². The predicted molar refractivity (Wildman–Crippen MR) is 102 cm³/mol. The summed E-state index contributed by atoms with van der Waals surface area (Å²) in [6.45, 7) is 1.29. The van der Waals surface area contributed by atoms with E-state index in [2.05, 4.69) is 10.1 Å². The second kappa shape index (κ2) is 9.00. The summed E-state index contributed by atoms with van der Waals surface area (Å²) < 4.78 is 37.2. The zero-order valence-electron chi connectivity index (χ0n) is 16.0. The summed E-state index contributed by atoms with van der Waals surface area (Å²) in [7, 11) is 1.42. The van der Waals surface area contributed by atoms with Crippen LogP contribution in [0.15, 0.2) is 40.9 Å². The van der Waals surface area contributed by atoms with Crippen LogP contribution >= 0.6 is 11.6 Å². The first-order valence-electron chi connectivity index (χ1n) is 8.70. The number of rotatable bonds is 6. The van der Waals surface area contributed by atoms with Crippen molar-refractivity contribution in [2.75, 3.05) is 7.11 Å². The SMILES string of the molecule is COc1cccc(CN(C(=O)Cc2noc(C)n2)C(=O)c2cc(F)cc(F)c2)c1Cl. The van der Waals surface area contributed by atoms with Crippen molar-refractivity contribution in [3.8, 4) is 5.75 Å². The van der Waals surface area contributed by atoms with Gasteiger partial charge in [-0.25, -0.2) is 8.78 Å². The van der Waals surface area contributed by atoms with Crippen LogP contribution in [0.5, 0.6) is 5.75 Å². The van der Waals surface area contributed by atoms with Gasteiger partial charge < -0.3 is 9.26 Å². The third-order valence-electron chi connectivity index (χ3n) is 4.13. The molecule has 2 amide bonds. The molecule has 0 N–H and O–H groups in total. The van der Waals surface area contributed by atoms with Gasteiger partial charge in [0.2, 0.25) is 11.8 Å². The molecule has 0 unspecified atom stereocenters. The lowest BCUT2D eigenvalue weighted by molar-refractivity contribution is -0.128. The smallest absolute Gasteiger partial charge is 0.260 e. The predicted octanol–water partition coefficient (Wildman–Crippen LogP) is 3.73. The van der Waals surface area contributed by atoms with E-state index >= 15 is 0 Å². The van der Waals surface area contributed by atoms with Crippen molar-refractivity contribution < 1.29 is 27.6 Å². The summed E-state index contributed by atoms with van der Waals surface area (Å²) in [5, 5.41) is 3.84. The van der Waals surface area contributed by atoms with E-state index in [4.69, 9.17) is 20.9 Å². The van der Waals surface area contributed by atoms with Crippen LogP contribution in [0.3, 0.4) is 0 Å². The number of imide groups is 1. The van der Waals surface area contributed by atoms with Crippen LogP contribution in [0.1, 0.15) is 27.6 Å². The van der Waals surface area contributed by atoms with E-state index < -0.39 is 23.4 Å². The van der Waals surface area contributed by atoms with Crippen molar-refractivity contribution in [1.82, 2.24) is 15.0 Å². The van der Waals surface area contributed by atoms with Crippen LogP contribution in [0.25, 0.3) is 0 Å². The van der Waals surface area contributed by atoms with Crippen LogP contribution in [-0.2, 0) is 17.8 Å². The van der Waals surface area contributed by atoms with Crippen LogP contribution in [-0.4, -0.2) is 34.0 Å². The minimum Gasteiger partial charge on any atom is -0.495 e. The lowest BCUT2D eigenvalue weighted by Crippen LogP contribution is -2.38. The Hall–Kier alpha value is -3.33. The van der Waals surface area contributed by atoms with Gasteiger partial charge in [0.25, 0.3) is 5.91 Å². The number of hydrogen-bond acceptors (Lipinski definition) is 6. The molecule has 0 radical (unpaired) electrons. The molecule has 1 aromatic heterocycles. The van der Waals surface area contributed by atoms with Gasteiger partial charge in [-0.05, 0) is 23.8 Å². The Bertz CT molecular complexity index is 1080. The zero-order valence-corrected chi connectivity index (χ0v) is 16.7. The average Bonchev–Trinajstić information content (AvgIpc) is 3.10. The topological polar surface area (TPSA) is 85.5 Å². The fraction of sp³-hybridized carbons (Fsp3) is 0.200. The number of amides is 2. The largest absolute Gasteiger partial charge is 0.495 e. The summed E-state index contributed by atoms with van der Waals surface area (Å²) >= 11 is 6.29. The van der Waals surface area contributed by atoms with Crippen molar-refractivity contribution in [3.05, 3.63) is 75.9 Å². The minimum atomic E-state index is -0.945. The molecule has 156 valence electrons. The molecule has 3 aromatic rings. The third-order valence-corrected chi connectivity index (χ3v) is 4.56. The summed E-state index contributed by atoms with van der Waals surface area (Å²) in [6.07, 6.45) is -0.359. The Morgan fingerprint density at radius 3 is 2.50 bits per heavy atom. The van der Waals surface area contributed by atoms with Crippen molar-refractivity contribution in [2.24, 2.45) is 0 Å². The van der Waals surface area contributed by atoms with Crippen molar-refractivity contribution in [2.45, 2.75) is 19.9 Å². The molecule has 3 rings (SSSR count). The van der Waals surface area contributed by atoms with Crippen LogP contribution in [0.2, 0.25) is 5.02 Å². The van der Waals surface area contributed by atoms with Crippen LogP contribution in [0, 0.1) is 18.6 Å². The number of carbonyl (C=O) groups excluding carboxylic acids is 2. The van der Waals surface area contributed by atoms with E-state index in [0.29, 0.717) is 17.4 Å². The van der Waals surface area contributed by atoms with Crippen molar-refractivity contribution >= 4 is 23.4 Å². The van der Waals surface area contributed by atoms with Gasteiger partial charge in [0.05, 0.1) is 25.1 Å². The molecule has 0 aliphatic rings. The van der Waals surface area contributed by atoms with E-state index in [1.54, 1.807) is 25.1 Å². The molecule has 10 heteroatoms. The Morgan fingerprint density at radius 2 is 1.90 bits per heavy atom. The van der Waals surface area contributed by atoms with Gasteiger partial charge in [0.15, 0.2) is 5.82 Å². The van der Waals surface area contributed by atoms with Gasteiger partial charge in [-0.3, -0.25) is 14.5 Å². The molecule has 30 heavy (non-hydrogen) atoms. The van der Waals surface area contributed by atoms with Crippen LogP contribution in [0.4, 0.5) is 8.78 Å². The summed E-state index contributed by atoms with van der Waals surface area (Å²) in [5.74, 6) is -2.84. The van der Waals surface area contributed by atoms with E-state index in [0.717, 1.165) is 17.0 Å². The maximum atomic E-state index is 13.6. The first-order chi connectivity index (χ1) is 14.3. The van der Waals surface area contributed by atoms with Gasteiger partial charge in [-0.15, -0.1) is 0 Å². The zero-order chi connectivity index (χ0) is 21.8. The van der Waals surface area contributed by atoms with Gasteiger partial charge in [0, 0.05) is 18.6 Å². The number of nitrogens with zero attached hydrogens (tertiary/aromatic N) is 3. The number of methoxy groups -OCH3 is 1. The van der Waals surface area contributed by atoms with E-state index in [-0.39, 0.29) is 35.3 Å². The summed E-state index contributed by atoms with van der Waals surface area (Å²) in [5.41, 5.74) is 0.0723.